The van der Waals surface area contributed by atoms with Crippen molar-refractivity contribution in [3.8, 4) is 107 Å². The van der Waals surface area contributed by atoms with Crippen molar-refractivity contribution in [1.29, 1.82) is 0 Å². The van der Waals surface area contributed by atoms with Crippen LogP contribution in [0, 0.1) is 107 Å². The molecule has 1 rings (SSSR count). The monoisotopic (exact) mass is 366 g/mol. The van der Waals surface area contributed by atoms with E-state index in [1.807, 2.05) is 6.11 Å². The van der Waals surface area contributed by atoms with Gasteiger partial charge in [0.25, 0.3) is 5.78 Å². The van der Waals surface area contributed by atoms with Crippen LogP contribution in [0.2, 0.25) is 0 Å². The molecule has 0 aromatic heterocycles. The molecule has 3 nitrogen and oxygen atoms in total. The van der Waals surface area contributed by atoms with Crippen LogP contribution in [0.15, 0.2) is 30.3 Å². The van der Waals surface area contributed by atoms with Gasteiger partial charge in [0.1, 0.15) is 6.11 Å². The van der Waals surface area contributed by atoms with E-state index in [9.17, 15) is 9.59 Å². The minimum absolute atomic E-state index is 0.214. The van der Waals surface area contributed by atoms with Crippen molar-refractivity contribution in [3.05, 3.63) is 35.9 Å². The highest BCUT2D eigenvalue weighted by molar-refractivity contribution is 6.40. The first-order chi connectivity index (χ1) is 14.3. The molecule has 0 atom stereocenters. The van der Waals surface area contributed by atoms with Gasteiger partial charge in [0.2, 0.25) is 0 Å². The van der Waals surface area contributed by atoms with Gasteiger partial charge in [-0.2, -0.15) is 0 Å². The molecule has 0 aliphatic heterocycles. The van der Waals surface area contributed by atoms with E-state index in [2.05, 4.69) is 99.5 Å². The molecule has 0 aliphatic rings. The maximum atomic E-state index is 11.7. The number of Topliss-reactive ketones (excluding diaryl/α,β-unsaturated/α-hetero) is 1. The van der Waals surface area contributed by atoms with Crippen molar-refractivity contribution in [3.63, 3.8) is 0 Å². The van der Waals surface area contributed by atoms with Crippen molar-refractivity contribution in [1.82, 2.24) is 0 Å². The summed E-state index contributed by atoms with van der Waals surface area (Å²) in [7, 11) is 0. The second-order valence-electron chi connectivity index (χ2n) is 4.21. The van der Waals surface area contributed by atoms with Crippen LogP contribution in [0.5, 0.6) is 0 Å². The molecule has 0 bridgehead atoms. The molecule has 29 heavy (non-hydrogen) atoms. The summed E-state index contributed by atoms with van der Waals surface area (Å²) in [6.45, 7) is 0. The maximum Gasteiger partial charge on any atom is 0.393 e. The van der Waals surface area contributed by atoms with E-state index < -0.39 is 11.8 Å². The summed E-state index contributed by atoms with van der Waals surface area (Å²) in [5.74, 6) is 36.2. The van der Waals surface area contributed by atoms with Gasteiger partial charge in [0.05, 0.1) is 0 Å². The lowest BCUT2D eigenvalue weighted by atomic mass is 10.1. The minimum atomic E-state index is -1.09. The van der Waals surface area contributed by atoms with Gasteiger partial charge in [-0.1, -0.05) is 30.3 Å². The Bertz CT molecular complexity index is 1340. The summed E-state index contributed by atoms with van der Waals surface area (Å²) in [6, 6.07) is 7.98. The van der Waals surface area contributed by atoms with Crippen LogP contribution < -0.4 is 0 Å². The number of esters is 1. The van der Waals surface area contributed by atoms with E-state index in [4.69, 9.17) is 6.42 Å². The average Bonchev–Trinajstić information content (AvgIpc) is 2.75. The van der Waals surface area contributed by atoms with Gasteiger partial charge in [0, 0.05) is 52.9 Å². The first kappa shape index (κ1) is 21.4. The minimum Gasteiger partial charge on any atom is -0.365 e. The molecule has 0 aliphatic carbocycles. The Morgan fingerprint density at radius 1 is 0.621 bits per heavy atom. The molecule has 0 saturated heterocycles. The molecule has 0 amide bonds. The van der Waals surface area contributed by atoms with E-state index in [0.29, 0.717) is 0 Å². The van der Waals surface area contributed by atoms with E-state index in [1.54, 1.807) is 18.2 Å². The van der Waals surface area contributed by atoms with Crippen LogP contribution in [0.4, 0.5) is 0 Å². The third-order valence-corrected chi connectivity index (χ3v) is 2.36. The lowest BCUT2D eigenvalue weighted by Crippen LogP contribution is -2.15. The second-order valence-corrected chi connectivity index (χ2v) is 4.21. The van der Waals surface area contributed by atoms with E-state index >= 15 is 0 Å². The summed E-state index contributed by atoms with van der Waals surface area (Å²) in [5.41, 5.74) is 0.214. The third kappa shape index (κ3) is 10.8. The molecule has 1 aromatic rings. The number of benzene rings is 1. The number of ketones is 1. The first-order valence-electron chi connectivity index (χ1n) is 7.52. The van der Waals surface area contributed by atoms with Crippen LogP contribution in [0.1, 0.15) is 10.4 Å². The average molecular weight is 366 g/mol. The van der Waals surface area contributed by atoms with Crippen molar-refractivity contribution >= 4 is 11.8 Å². The largest absolute Gasteiger partial charge is 0.393 e. The summed E-state index contributed by atoms with van der Waals surface area (Å²) >= 11 is 0. The Morgan fingerprint density at radius 3 is 1.48 bits per heavy atom. The zero-order valence-corrected chi connectivity index (χ0v) is 14.7. The van der Waals surface area contributed by atoms with Gasteiger partial charge in [0.15, 0.2) is 0 Å². The topological polar surface area (TPSA) is 43.4 Å². The van der Waals surface area contributed by atoms with Gasteiger partial charge in [-0.05, 0) is 47.4 Å². The smallest absolute Gasteiger partial charge is 0.365 e. The van der Waals surface area contributed by atoms with Crippen LogP contribution in [-0.4, -0.2) is 11.8 Å². The number of hydrogen-bond acceptors (Lipinski definition) is 3. The Labute approximate surface area is 169 Å². The van der Waals surface area contributed by atoms with Crippen LogP contribution in [0.25, 0.3) is 0 Å². The molecule has 0 radical (unpaired) electrons. The number of ether oxygens (including phenoxy) is 1. The molecule has 3 heteroatoms. The zero-order valence-electron chi connectivity index (χ0n) is 14.7. The van der Waals surface area contributed by atoms with E-state index in [0.717, 1.165) is 0 Å². The highest BCUT2D eigenvalue weighted by Gasteiger charge is 2.16. The van der Waals surface area contributed by atoms with Gasteiger partial charge in [-0.3, -0.25) is 4.79 Å². The molecule has 0 unspecified atom stereocenters. The Kier molecular flexibility index (Phi) is 10.9. The summed E-state index contributed by atoms with van der Waals surface area (Å²) in [4.78, 5) is 23.2. The van der Waals surface area contributed by atoms with E-state index in [1.165, 1.54) is 12.1 Å². The number of hydrogen-bond donors (Lipinski definition) is 0. The highest BCUT2D eigenvalue weighted by atomic mass is 16.5. The predicted molar refractivity (Wildman–Crippen MR) is 108 cm³/mol. The molecular formula is C26H6O3. The van der Waals surface area contributed by atoms with Crippen molar-refractivity contribution in [2.75, 3.05) is 0 Å². The predicted octanol–water partition coefficient (Wildman–Crippen LogP) is 1.03. The summed E-state index contributed by atoms with van der Waals surface area (Å²) in [5, 5.41) is 0. The fourth-order valence-corrected chi connectivity index (χ4v) is 1.29. The Balaban J connectivity index is 2.45. The van der Waals surface area contributed by atoms with Crippen molar-refractivity contribution < 1.29 is 14.3 Å². The molecule has 0 saturated carbocycles. The molecule has 0 fully saturated rings. The van der Waals surface area contributed by atoms with Crippen molar-refractivity contribution in [2.45, 2.75) is 0 Å². The lowest BCUT2D eigenvalue weighted by Gasteiger charge is -1.95. The fraction of sp³-hybridized carbons (Fsp3) is 0. The molecule has 1 aromatic carbocycles. The van der Waals surface area contributed by atoms with Crippen molar-refractivity contribution in [2.24, 2.45) is 0 Å². The quantitative estimate of drug-likeness (QED) is 0.340. The van der Waals surface area contributed by atoms with Crippen LogP contribution in [-0.2, 0) is 9.53 Å². The number of terminal acetylenes is 1. The standard InChI is InChI=1S/C26H6O3/c1-2-3-4-5-6-7-8-9-10-11-12-13-14-15-16-20-23-29-26(28)25(27)24-21-18-17-19-22-24/h1,17-19,21-22H. The van der Waals surface area contributed by atoms with E-state index in [-0.39, 0.29) is 5.56 Å². The third-order valence-electron chi connectivity index (χ3n) is 2.36. The molecule has 128 valence electrons. The lowest BCUT2D eigenvalue weighted by molar-refractivity contribution is -0.131. The SMILES string of the molecule is C#CC#CC#CC#CC#CC#CC#CC#CC#COC(=O)C(=O)c1ccccc1. The fourth-order valence-electron chi connectivity index (χ4n) is 1.29. The molecule has 0 spiro atoms. The van der Waals surface area contributed by atoms with Gasteiger partial charge in [-0.25, -0.2) is 4.79 Å². The second kappa shape index (κ2) is 14.7. The Hall–Kier alpha value is -5.60. The molecule has 0 N–H and O–H groups in total. The summed E-state index contributed by atoms with van der Waals surface area (Å²) in [6.07, 6.45) is 6.93. The van der Waals surface area contributed by atoms with Gasteiger partial charge >= 0.3 is 5.97 Å². The zero-order chi connectivity index (χ0) is 21.0. The molecule has 0 heterocycles. The first-order valence-corrected chi connectivity index (χ1v) is 7.52. The van der Waals surface area contributed by atoms with Gasteiger partial charge in [-0.15, -0.1) is 6.42 Å². The maximum absolute atomic E-state index is 11.7. The number of carbonyl (C=O) groups is 2. The van der Waals surface area contributed by atoms with Crippen LogP contribution in [0.3, 0.4) is 0 Å². The Morgan fingerprint density at radius 2 is 1.03 bits per heavy atom. The van der Waals surface area contributed by atoms with Crippen LogP contribution >= 0.6 is 0 Å². The normalized spacial score (nSPS) is 6.03. The summed E-state index contributed by atoms with van der Waals surface area (Å²) < 4.78 is 4.49. The molecular weight excluding hydrogens is 360 g/mol. The number of rotatable bonds is 2. The highest BCUT2D eigenvalue weighted by Crippen LogP contribution is 2.00. The van der Waals surface area contributed by atoms with Gasteiger partial charge < -0.3 is 4.74 Å². The number of carbonyl (C=O) groups excluding carboxylic acids is 2.